The maximum atomic E-state index is 5.29. The molecule has 0 atom stereocenters. The number of para-hydroxylation sites is 3. The van der Waals surface area contributed by atoms with Crippen molar-refractivity contribution in [2.45, 2.75) is 0 Å². The third kappa shape index (κ3) is 4.46. The van der Waals surface area contributed by atoms with Gasteiger partial charge < -0.3 is 4.57 Å². The number of aromatic nitrogens is 4. The summed E-state index contributed by atoms with van der Waals surface area (Å²) in [5.74, 6) is 0.859. The number of rotatable bonds is 5. The maximum absolute atomic E-state index is 5.29. The molecule has 4 heteroatoms. The summed E-state index contributed by atoms with van der Waals surface area (Å²) in [6, 6.07) is 62.3. The number of hydrogen-bond donors (Lipinski definition) is 0. The first-order valence-electron chi connectivity index (χ1n) is 16.9. The maximum Gasteiger partial charge on any atom is 0.138 e. The van der Waals surface area contributed by atoms with E-state index in [1.165, 1.54) is 27.4 Å². The molecule has 0 saturated carbocycles. The highest BCUT2D eigenvalue weighted by Gasteiger charge is 2.20. The topological polar surface area (TPSA) is 35.6 Å². The first kappa shape index (κ1) is 28.3. The molecular weight excluding hydrogens is 609 g/mol. The Balaban J connectivity index is 1.23. The van der Waals surface area contributed by atoms with Gasteiger partial charge in [0, 0.05) is 39.2 Å². The lowest BCUT2D eigenvalue weighted by Crippen LogP contribution is -2.00. The van der Waals surface area contributed by atoms with Crippen molar-refractivity contribution in [3.63, 3.8) is 0 Å². The Morgan fingerprint density at radius 1 is 0.400 bits per heavy atom. The zero-order valence-electron chi connectivity index (χ0n) is 27.1. The van der Waals surface area contributed by atoms with Gasteiger partial charge in [-0.1, -0.05) is 121 Å². The van der Waals surface area contributed by atoms with E-state index >= 15 is 0 Å². The van der Waals surface area contributed by atoms with E-state index in [0.29, 0.717) is 0 Å². The molecular formula is C46H30N4. The van der Waals surface area contributed by atoms with E-state index in [-0.39, 0.29) is 0 Å². The summed E-state index contributed by atoms with van der Waals surface area (Å²) >= 11 is 0. The van der Waals surface area contributed by atoms with Crippen LogP contribution in [0.25, 0.3) is 88.8 Å². The van der Waals surface area contributed by atoms with Crippen molar-refractivity contribution in [2.24, 2.45) is 0 Å². The van der Waals surface area contributed by atoms with Crippen molar-refractivity contribution in [1.29, 1.82) is 0 Å². The lowest BCUT2D eigenvalue weighted by atomic mass is 10.0. The quantitative estimate of drug-likeness (QED) is 0.188. The fraction of sp³-hybridized carbons (Fsp3) is 0. The third-order valence-electron chi connectivity index (χ3n) is 9.76. The largest absolute Gasteiger partial charge is 0.309 e. The SMILES string of the molecule is c1ccc(-c2cc(-c3ccccc3)nc(-n3c4ccc(-c5cccc6c7ccccc7n(-c7ccccc7)c56)cc4c4ncccc43)c2)cc1. The highest BCUT2D eigenvalue weighted by Crippen LogP contribution is 2.40. The summed E-state index contributed by atoms with van der Waals surface area (Å²) in [6.07, 6.45) is 1.88. The first-order chi connectivity index (χ1) is 24.8. The van der Waals surface area contributed by atoms with Crippen LogP contribution in [0.1, 0.15) is 0 Å². The lowest BCUT2D eigenvalue weighted by Gasteiger charge is -2.13. The standard InChI is InChI=1S/C46H30N4/c1-4-14-31(15-5-1)34-29-40(32-16-6-2-7-17-32)48-44(30-34)50-42-26-25-33(28-39(42)45-43(50)24-13-27-47-45)36-21-12-22-38-37-20-10-11-23-41(37)49(46(36)38)35-18-8-3-9-19-35/h1-30H. The van der Waals surface area contributed by atoms with Crippen molar-refractivity contribution < 1.29 is 0 Å². The summed E-state index contributed by atoms with van der Waals surface area (Å²) in [4.78, 5) is 10.3. The van der Waals surface area contributed by atoms with E-state index in [4.69, 9.17) is 9.97 Å². The van der Waals surface area contributed by atoms with E-state index in [0.717, 1.165) is 61.4 Å². The van der Waals surface area contributed by atoms with Gasteiger partial charge in [-0.2, -0.15) is 0 Å². The van der Waals surface area contributed by atoms with Gasteiger partial charge in [-0.05, 0) is 71.3 Å². The first-order valence-corrected chi connectivity index (χ1v) is 16.9. The molecule has 0 N–H and O–H groups in total. The normalized spacial score (nSPS) is 11.6. The minimum atomic E-state index is 0.859. The second-order valence-corrected chi connectivity index (χ2v) is 12.7. The third-order valence-corrected chi connectivity index (χ3v) is 9.76. The molecule has 10 aromatic rings. The fourth-order valence-electron chi connectivity index (χ4n) is 7.53. The smallest absolute Gasteiger partial charge is 0.138 e. The molecule has 50 heavy (non-hydrogen) atoms. The average Bonchev–Trinajstić information content (AvgIpc) is 3.71. The van der Waals surface area contributed by atoms with Crippen LogP contribution in [-0.2, 0) is 0 Å². The van der Waals surface area contributed by atoms with Gasteiger partial charge in [0.25, 0.3) is 0 Å². The molecule has 0 radical (unpaired) electrons. The molecule has 0 saturated heterocycles. The Morgan fingerprint density at radius 3 is 1.90 bits per heavy atom. The molecule has 4 nitrogen and oxygen atoms in total. The number of hydrogen-bond acceptors (Lipinski definition) is 2. The number of nitrogens with zero attached hydrogens (tertiary/aromatic N) is 4. The van der Waals surface area contributed by atoms with Crippen LogP contribution in [0.15, 0.2) is 182 Å². The molecule has 0 aliphatic rings. The van der Waals surface area contributed by atoms with Gasteiger partial charge in [0.2, 0.25) is 0 Å². The number of pyridine rings is 2. The Morgan fingerprint density at radius 2 is 1.08 bits per heavy atom. The molecule has 0 bridgehead atoms. The summed E-state index contributed by atoms with van der Waals surface area (Å²) in [5, 5.41) is 3.56. The summed E-state index contributed by atoms with van der Waals surface area (Å²) in [5.41, 5.74) is 13.2. The van der Waals surface area contributed by atoms with Crippen molar-refractivity contribution in [2.75, 3.05) is 0 Å². The Kier molecular flexibility index (Phi) is 6.46. The van der Waals surface area contributed by atoms with Crippen LogP contribution >= 0.6 is 0 Å². The van der Waals surface area contributed by atoms with Gasteiger partial charge in [-0.25, -0.2) is 4.98 Å². The van der Waals surface area contributed by atoms with Crippen LogP contribution in [-0.4, -0.2) is 19.1 Å². The summed E-state index contributed by atoms with van der Waals surface area (Å²) in [6.45, 7) is 0. The number of benzene rings is 6. The minimum Gasteiger partial charge on any atom is -0.309 e. The second-order valence-electron chi connectivity index (χ2n) is 12.7. The van der Waals surface area contributed by atoms with Crippen molar-refractivity contribution in [3.8, 4) is 45.0 Å². The van der Waals surface area contributed by atoms with Crippen molar-refractivity contribution in [3.05, 3.63) is 182 Å². The molecule has 10 rings (SSSR count). The molecule has 4 heterocycles. The van der Waals surface area contributed by atoms with E-state index in [1.807, 2.05) is 18.3 Å². The highest BCUT2D eigenvalue weighted by molar-refractivity contribution is 6.15. The average molecular weight is 639 g/mol. The molecule has 0 fully saturated rings. The highest BCUT2D eigenvalue weighted by atomic mass is 15.1. The van der Waals surface area contributed by atoms with Gasteiger partial charge in [0.1, 0.15) is 5.82 Å². The van der Waals surface area contributed by atoms with Crippen molar-refractivity contribution >= 4 is 43.7 Å². The van der Waals surface area contributed by atoms with E-state index in [2.05, 4.69) is 173 Å². The van der Waals surface area contributed by atoms with Crippen LogP contribution in [0.2, 0.25) is 0 Å². The van der Waals surface area contributed by atoms with Crippen LogP contribution in [0.5, 0.6) is 0 Å². The van der Waals surface area contributed by atoms with Crippen LogP contribution in [0.3, 0.4) is 0 Å². The molecule has 0 amide bonds. The Bertz CT molecular complexity index is 2790. The van der Waals surface area contributed by atoms with E-state index < -0.39 is 0 Å². The zero-order valence-corrected chi connectivity index (χ0v) is 27.1. The molecule has 0 aliphatic heterocycles. The zero-order chi connectivity index (χ0) is 33.0. The van der Waals surface area contributed by atoms with Gasteiger partial charge in [0.15, 0.2) is 0 Å². The Hall–Kier alpha value is -6.78. The van der Waals surface area contributed by atoms with Gasteiger partial charge in [-0.3, -0.25) is 9.55 Å². The Labute approximate surface area is 289 Å². The summed E-state index contributed by atoms with van der Waals surface area (Å²) < 4.78 is 4.66. The van der Waals surface area contributed by atoms with Crippen LogP contribution < -0.4 is 0 Å². The fourth-order valence-corrected chi connectivity index (χ4v) is 7.53. The molecule has 6 aromatic carbocycles. The molecule has 234 valence electrons. The predicted octanol–water partition coefficient (Wildman–Crippen LogP) is 11.7. The van der Waals surface area contributed by atoms with E-state index in [1.54, 1.807) is 0 Å². The molecule has 0 aliphatic carbocycles. The van der Waals surface area contributed by atoms with E-state index in [9.17, 15) is 0 Å². The van der Waals surface area contributed by atoms with Crippen molar-refractivity contribution in [1.82, 2.24) is 19.1 Å². The second kappa shape index (κ2) is 11.4. The van der Waals surface area contributed by atoms with Crippen LogP contribution in [0, 0.1) is 0 Å². The van der Waals surface area contributed by atoms with Gasteiger partial charge in [0.05, 0.1) is 33.3 Å². The van der Waals surface area contributed by atoms with Gasteiger partial charge in [-0.15, -0.1) is 0 Å². The molecule has 4 aromatic heterocycles. The minimum absolute atomic E-state index is 0.859. The predicted molar refractivity (Wildman–Crippen MR) is 207 cm³/mol. The molecule has 0 unspecified atom stereocenters. The van der Waals surface area contributed by atoms with Crippen LogP contribution in [0.4, 0.5) is 0 Å². The lowest BCUT2D eigenvalue weighted by molar-refractivity contribution is 1.08. The van der Waals surface area contributed by atoms with Gasteiger partial charge >= 0.3 is 0 Å². The monoisotopic (exact) mass is 638 g/mol. The molecule has 0 spiro atoms. The summed E-state index contributed by atoms with van der Waals surface area (Å²) in [7, 11) is 0. The number of fused-ring (bicyclic) bond motifs is 6.